The van der Waals surface area contributed by atoms with Crippen molar-refractivity contribution < 1.29 is 4.42 Å². The van der Waals surface area contributed by atoms with Gasteiger partial charge in [0, 0.05) is 12.5 Å². The summed E-state index contributed by atoms with van der Waals surface area (Å²) in [6.45, 7) is 4.40. The van der Waals surface area contributed by atoms with Gasteiger partial charge in [-0.3, -0.25) is 0 Å². The van der Waals surface area contributed by atoms with E-state index < -0.39 is 0 Å². The van der Waals surface area contributed by atoms with Crippen LogP contribution in [0.25, 0.3) is 0 Å². The van der Waals surface area contributed by atoms with E-state index in [9.17, 15) is 0 Å². The fraction of sp³-hybridized carbons (Fsp3) is 0.636. The van der Waals surface area contributed by atoms with Crippen LogP contribution in [-0.2, 0) is 6.42 Å². The van der Waals surface area contributed by atoms with E-state index in [-0.39, 0.29) is 0 Å². The maximum atomic E-state index is 5.95. The Balaban J connectivity index is 2.19. The summed E-state index contributed by atoms with van der Waals surface area (Å²) in [5, 5.41) is 0. The van der Waals surface area contributed by atoms with E-state index in [0.29, 0.717) is 12.0 Å². The van der Waals surface area contributed by atoms with Crippen molar-refractivity contribution in [3.63, 3.8) is 0 Å². The summed E-state index contributed by atoms with van der Waals surface area (Å²) in [7, 11) is 0. The molecular formula is C11H19NO. The zero-order valence-corrected chi connectivity index (χ0v) is 8.49. The highest BCUT2D eigenvalue weighted by Gasteiger charge is 2.06. The fourth-order valence-electron chi connectivity index (χ4n) is 1.51. The van der Waals surface area contributed by atoms with Gasteiger partial charge in [0.2, 0.25) is 0 Å². The maximum Gasteiger partial charge on any atom is 0.103 e. The molecule has 2 heteroatoms. The highest BCUT2D eigenvalue weighted by molar-refractivity contribution is 4.98. The standard InChI is InChI=1S/C11H19NO/c1-9(2)8-10(12)5-6-11-4-3-7-13-11/h3-4,7,9-10H,5-6,8,12H2,1-2H3. The zero-order valence-electron chi connectivity index (χ0n) is 8.49. The third-order valence-corrected chi connectivity index (χ3v) is 2.12. The first-order valence-corrected chi connectivity index (χ1v) is 4.96. The second kappa shape index (κ2) is 5.07. The Hall–Kier alpha value is -0.760. The van der Waals surface area contributed by atoms with Gasteiger partial charge < -0.3 is 10.2 Å². The van der Waals surface area contributed by atoms with Crippen molar-refractivity contribution >= 4 is 0 Å². The Kier molecular flexibility index (Phi) is 4.03. The van der Waals surface area contributed by atoms with E-state index in [1.165, 1.54) is 0 Å². The molecule has 1 aromatic heterocycles. The van der Waals surface area contributed by atoms with Crippen LogP contribution in [0.15, 0.2) is 22.8 Å². The van der Waals surface area contributed by atoms with Gasteiger partial charge in [0.1, 0.15) is 5.76 Å². The molecule has 1 rings (SSSR count). The molecule has 1 aromatic rings. The van der Waals surface area contributed by atoms with E-state index in [1.807, 2.05) is 12.1 Å². The van der Waals surface area contributed by atoms with Crippen LogP contribution >= 0.6 is 0 Å². The van der Waals surface area contributed by atoms with Crippen molar-refractivity contribution in [3.05, 3.63) is 24.2 Å². The molecule has 0 aliphatic rings. The summed E-state index contributed by atoms with van der Waals surface area (Å²) in [5.74, 6) is 1.73. The second-order valence-electron chi connectivity index (χ2n) is 4.01. The minimum absolute atomic E-state index is 0.310. The molecule has 2 nitrogen and oxygen atoms in total. The van der Waals surface area contributed by atoms with Gasteiger partial charge in [-0.05, 0) is 30.9 Å². The highest BCUT2D eigenvalue weighted by Crippen LogP contribution is 2.10. The van der Waals surface area contributed by atoms with Gasteiger partial charge in [0.25, 0.3) is 0 Å². The molecule has 74 valence electrons. The normalized spacial score (nSPS) is 13.5. The lowest BCUT2D eigenvalue weighted by Gasteiger charge is -2.12. The molecule has 0 saturated carbocycles. The van der Waals surface area contributed by atoms with Crippen molar-refractivity contribution in [2.45, 2.75) is 39.2 Å². The van der Waals surface area contributed by atoms with Crippen LogP contribution in [0.4, 0.5) is 0 Å². The van der Waals surface area contributed by atoms with Gasteiger partial charge in [-0.1, -0.05) is 13.8 Å². The Bertz CT molecular complexity index is 216. The van der Waals surface area contributed by atoms with E-state index in [0.717, 1.165) is 25.0 Å². The number of hydrogen-bond donors (Lipinski definition) is 1. The molecule has 0 radical (unpaired) electrons. The SMILES string of the molecule is CC(C)CC(N)CCc1ccco1. The molecule has 0 aliphatic heterocycles. The third-order valence-electron chi connectivity index (χ3n) is 2.12. The van der Waals surface area contributed by atoms with Gasteiger partial charge in [-0.25, -0.2) is 0 Å². The largest absolute Gasteiger partial charge is 0.469 e. The van der Waals surface area contributed by atoms with Gasteiger partial charge >= 0.3 is 0 Å². The summed E-state index contributed by atoms with van der Waals surface area (Å²) in [4.78, 5) is 0. The Morgan fingerprint density at radius 3 is 2.77 bits per heavy atom. The monoisotopic (exact) mass is 181 g/mol. The average Bonchev–Trinajstić information content (AvgIpc) is 2.51. The number of furan rings is 1. The number of aryl methyl sites for hydroxylation is 1. The summed E-state index contributed by atoms with van der Waals surface area (Å²) in [5.41, 5.74) is 5.95. The van der Waals surface area contributed by atoms with Crippen LogP contribution in [0.3, 0.4) is 0 Å². The lowest BCUT2D eigenvalue weighted by molar-refractivity contribution is 0.443. The molecule has 1 unspecified atom stereocenters. The van der Waals surface area contributed by atoms with Gasteiger partial charge in [-0.2, -0.15) is 0 Å². The number of nitrogens with two attached hydrogens (primary N) is 1. The van der Waals surface area contributed by atoms with Crippen molar-refractivity contribution in [1.82, 2.24) is 0 Å². The predicted octanol–water partition coefficient (Wildman–Crippen LogP) is 2.59. The lowest BCUT2D eigenvalue weighted by atomic mass is 10.0. The molecule has 0 saturated heterocycles. The summed E-state index contributed by atoms with van der Waals surface area (Å²) in [6, 6.07) is 4.23. The van der Waals surface area contributed by atoms with Crippen LogP contribution in [0.5, 0.6) is 0 Å². The number of rotatable bonds is 5. The molecule has 0 fully saturated rings. The smallest absolute Gasteiger partial charge is 0.103 e. The summed E-state index contributed by atoms with van der Waals surface area (Å²) < 4.78 is 5.23. The van der Waals surface area contributed by atoms with E-state index >= 15 is 0 Å². The Morgan fingerprint density at radius 1 is 1.46 bits per heavy atom. The minimum atomic E-state index is 0.310. The van der Waals surface area contributed by atoms with Crippen LogP contribution in [0.1, 0.15) is 32.4 Å². The summed E-state index contributed by atoms with van der Waals surface area (Å²) >= 11 is 0. The molecule has 0 amide bonds. The molecule has 0 bridgehead atoms. The zero-order chi connectivity index (χ0) is 9.68. The molecule has 13 heavy (non-hydrogen) atoms. The van der Waals surface area contributed by atoms with E-state index in [1.54, 1.807) is 6.26 Å². The van der Waals surface area contributed by atoms with Crippen LogP contribution < -0.4 is 5.73 Å². The quantitative estimate of drug-likeness (QED) is 0.758. The Morgan fingerprint density at radius 2 is 2.23 bits per heavy atom. The van der Waals surface area contributed by atoms with Crippen LogP contribution in [0, 0.1) is 5.92 Å². The fourth-order valence-corrected chi connectivity index (χ4v) is 1.51. The molecular weight excluding hydrogens is 162 g/mol. The van der Waals surface area contributed by atoms with Crippen molar-refractivity contribution in [1.29, 1.82) is 0 Å². The van der Waals surface area contributed by atoms with Crippen molar-refractivity contribution in [2.24, 2.45) is 11.7 Å². The molecule has 0 aliphatic carbocycles. The van der Waals surface area contributed by atoms with E-state index in [4.69, 9.17) is 10.2 Å². The first-order valence-electron chi connectivity index (χ1n) is 4.96. The maximum absolute atomic E-state index is 5.95. The third kappa shape index (κ3) is 4.13. The molecule has 0 aromatic carbocycles. The molecule has 1 heterocycles. The topological polar surface area (TPSA) is 39.2 Å². The van der Waals surface area contributed by atoms with Gasteiger partial charge in [-0.15, -0.1) is 0 Å². The highest BCUT2D eigenvalue weighted by atomic mass is 16.3. The van der Waals surface area contributed by atoms with Gasteiger partial charge in [0.05, 0.1) is 6.26 Å². The first kappa shape index (κ1) is 10.3. The van der Waals surface area contributed by atoms with Gasteiger partial charge in [0.15, 0.2) is 0 Å². The molecule has 0 spiro atoms. The lowest BCUT2D eigenvalue weighted by Crippen LogP contribution is -2.22. The molecule has 1 atom stereocenters. The Labute approximate surface area is 80.1 Å². The molecule has 2 N–H and O–H groups in total. The van der Waals surface area contributed by atoms with Crippen LogP contribution in [0.2, 0.25) is 0 Å². The van der Waals surface area contributed by atoms with Crippen molar-refractivity contribution in [3.8, 4) is 0 Å². The van der Waals surface area contributed by atoms with Crippen molar-refractivity contribution in [2.75, 3.05) is 0 Å². The number of hydrogen-bond acceptors (Lipinski definition) is 2. The first-order chi connectivity index (χ1) is 6.18. The average molecular weight is 181 g/mol. The van der Waals surface area contributed by atoms with Crippen LogP contribution in [-0.4, -0.2) is 6.04 Å². The second-order valence-corrected chi connectivity index (χ2v) is 4.01. The minimum Gasteiger partial charge on any atom is -0.469 e. The summed E-state index contributed by atoms with van der Waals surface area (Å²) in [6.07, 6.45) is 4.79. The predicted molar refractivity (Wildman–Crippen MR) is 54.5 cm³/mol. The van der Waals surface area contributed by atoms with E-state index in [2.05, 4.69) is 13.8 Å².